The van der Waals surface area contributed by atoms with E-state index >= 15 is 0 Å². The maximum Gasteiger partial charge on any atom is 0.341 e. The number of amides is 1. The summed E-state index contributed by atoms with van der Waals surface area (Å²) in [4.78, 5) is 27.2. The van der Waals surface area contributed by atoms with Crippen molar-refractivity contribution in [1.82, 2.24) is 4.90 Å². The third kappa shape index (κ3) is 5.36. The quantitative estimate of drug-likeness (QED) is 0.372. The molecule has 1 N–H and O–H groups in total. The molecule has 2 aliphatic rings. The van der Waals surface area contributed by atoms with Crippen molar-refractivity contribution in [3.63, 3.8) is 0 Å². The van der Waals surface area contributed by atoms with Crippen molar-refractivity contribution in [2.45, 2.75) is 42.9 Å². The van der Waals surface area contributed by atoms with Gasteiger partial charge in [-0.25, -0.2) is 4.79 Å². The molecule has 0 spiro atoms. The number of fused-ring (bicyclic) bond motifs is 1. The lowest BCUT2D eigenvalue weighted by molar-refractivity contribution is -0.139. The fourth-order valence-corrected chi connectivity index (χ4v) is 6.53. The van der Waals surface area contributed by atoms with Gasteiger partial charge in [-0.2, -0.15) is 12.6 Å². The van der Waals surface area contributed by atoms with Crippen LogP contribution in [0.25, 0.3) is 0 Å². The molecule has 0 saturated heterocycles. The molecule has 1 aliphatic carbocycles. The molecule has 5 atom stereocenters. The summed E-state index contributed by atoms with van der Waals surface area (Å²) in [6.07, 6.45) is 1.60. The Bertz CT molecular complexity index is 1300. The Labute approximate surface area is 227 Å². The van der Waals surface area contributed by atoms with Crippen LogP contribution in [0.3, 0.4) is 0 Å². The number of aliphatic carboxylic acids is 1. The van der Waals surface area contributed by atoms with Gasteiger partial charge < -0.3 is 14.7 Å². The number of carboxylic acids is 1. The molecule has 7 heteroatoms. The number of carbonyl (C=O) groups is 2. The van der Waals surface area contributed by atoms with Gasteiger partial charge in [-0.1, -0.05) is 66.2 Å². The Morgan fingerprint density at radius 3 is 2.54 bits per heavy atom. The summed E-state index contributed by atoms with van der Waals surface area (Å²) in [5.74, 6) is -0.532. The van der Waals surface area contributed by atoms with E-state index in [2.05, 4.69) is 31.2 Å². The van der Waals surface area contributed by atoms with Crippen molar-refractivity contribution >= 4 is 36.1 Å². The van der Waals surface area contributed by atoms with Gasteiger partial charge in [-0.05, 0) is 60.6 Å². The summed E-state index contributed by atoms with van der Waals surface area (Å²) in [5, 5.41) is 9.49. The van der Waals surface area contributed by atoms with E-state index in [-0.39, 0.29) is 35.0 Å². The van der Waals surface area contributed by atoms with Gasteiger partial charge in [0, 0.05) is 40.3 Å². The molecular formula is C30H30ClNO4S. The minimum Gasteiger partial charge on any atom is -0.482 e. The zero-order valence-corrected chi connectivity index (χ0v) is 22.2. The van der Waals surface area contributed by atoms with E-state index in [1.165, 1.54) is 5.56 Å². The largest absolute Gasteiger partial charge is 0.482 e. The highest BCUT2D eigenvalue weighted by Crippen LogP contribution is 2.51. The summed E-state index contributed by atoms with van der Waals surface area (Å²) in [5.41, 5.74) is 4.22. The Kier molecular flexibility index (Phi) is 7.50. The predicted octanol–water partition coefficient (Wildman–Crippen LogP) is 6.14. The average molecular weight is 536 g/mol. The van der Waals surface area contributed by atoms with Gasteiger partial charge in [0.2, 0.25) is 5.91 Å². The highest BCUT2D eigenvalue weighted by atomic mass is 35.5. The summed E-state index contributed by atoms with van der Waals surface area (Å²) < 4.78 is 5.70. The molecule has 1 heterocycles. The molecule has 5 unspecified atom stereocenters. The molecule has 37 heavy (non-hydrogen) atoms. The lowest BCUT2D eigenvalue weighted by Crippen LogP contribution is -2.46. The summed E-state index contributed by atoms with van der Waals surface area (Å²) >= 11 is 11.5. The van der Waals surface area contributed by atoms with E-state index in [1.807, 2.05) is 41.3 Å². The molecule has 1 saturated carbocycles. The first-order valence-corrected chi connectivity index (χ1v) is 13.5. The maximum atomic E-state index is 13.9. The number of ether oxygens (including phenoxy) is 1. The van der Waals surface area contributed by atoms with Crippen LogP contribution in [0, 0.1) is 5.92 Å². The SMILES string of the molecule is CC1C(c2cc(Cl)ccc2OCC(=O)O)C(S)c2ccccc2CCN1C(=O)C1CC1c1ccccc1. The minimum absolute atomic E-state index is 0.0411. The van der Waals surface area contributed by atoms with Crippen LogP contribution in [0.1, 0.15) is 52.7 Å². The molecule has 3 aromatic rings. The van der Waals surface area contributed by atoms with Crippen LogP contribution in [-0.4, -0.2) is 41.1 Å². The zero-order chi connectivity index (χ0) is 26.1. The molecule has 0 aromatic heterocycles. The topological polar surface area (TPSA) is 66.8 Å². The second-order valence-electron chi connectivity index (χ2n) is 9.92. The number of rotatable bonds is 6. The first kappa shape index (κ1) is 25.7. The molecular weight excluding hydrogens is 506 g/mol. The number of carbonyl (C=O) groups excluding carboxylic acids is 1. The Hall–Kier alpha value is -2.96. The maximum absolute atomic E-state index is 13.9. The molecule has 3 aromatic carbocycles. The summed E-state index contributed by atoms with van der Waals surface area (Å²) in [6.45, 7) is 2.19. The van der Waals surface area contributed by atoms with Crippen molar-refractivity contribution in [2.24, 2.45) is 5.92 Å². The number of benzene rings is 3. The predicted molar refractivity (Wildman–Crippen MR) is 148 cm³/mol. The average Bonchev–Trinajstić information content (AvgIpc) is 3.69. The molecule has 0 radical (unpaired) electrons. The van der Waals surface area contributed by atoms with Crippen molar-refractivity contribution in [2.75, 3.05) is 13.2 Å². The first-order chi connectivity index (χ1) is 17.8. The number of hydrogen-bond donors (Lipinski definition) is 2. The van der Waals surface area contributed by atoms with Crippen LogP contribution in [0.4, 0.5) is 0 Å². The molecule has 1 amide bonds. The fraction of sp³-hybridized carbons (Fsp3) is 0.333. The van der Waals surface area contributed by atoms with Gasteiger partial charge in [0.25, 0.3) is 0 Å². The number of carboxylic acid groups (broad SMARTS) is 1. The van der Waals surface area contributed by atoms with E-state index in [0.717, 1.165) is 29.5 Å². The number of hydrogen-bond acceptors (Lipinski definition) is 4. The molecule has 0 bridgehead atoms. The van der Waals surface area contributed by atoms with Crippen molar-refractivity contribution < 1.29 is 19.4 Å². The third-order valence-electron chi connectivity index (χ3n) is 7.65. The van der Waals surface area contributed by atoms with Crippen LogP contribution >= 0.6 is 24.2 Å². The molecule has 5 rings (SSSR count). The smallest absolute Gasteiger partial charge is 0.341 e. The van der Waals surface area contributed by atoms with E-state index in [1.54, 1.807) is 12.1 Å². The van der Waals surface area contributed by atoms with Gasteiger partial charge in [-0.15, -0.1) is 0 Å². The second-order valence-corrected chi connectivity index (χ2v) is 10.9. The Morgan fingerprint density at radius 1 is 1.05 bits per heavy atom. The van der Waals surface area contributed by atoms with Crippen LogP contribution in [-0.2, 0) is 16.0 Å². The zero-order valence-electron chi connectivity index (χ0n) is 20.6. The first-order valence-electron chi connectivity index (χ1n) is 12.6. The van der Waals surface area contributed by atoms with Crippen LogP contribution < -0.4 is 4.74 Å². The van der Waals surface area contributed by atoms with Gasteiger partial charge in [0.15, 0.2) is 6.61 Å². The normalized spacial score (nSPS) is 24.9. The number of halogens is 1. The van der Waals surface area contributed by atoms with Gasteiger partial charge >= 0.3 is 5.97 Å². The number of thiol groups is 1. The van der Waals surface area contributed by atoms with E-state index in [4.69, 9.17) is 29.0 Å². The molecule has 192 valence electrons. The van der Waals surface area contributed by atoms with Crippen molar-refractivity contribution in [3.8, 4) is 5.75 Å². The Balaban J connectivity index is 1.53. The van der Waals surface area contributed by atoms with Crippen LogP contribution in [0.2, 0.25) is 5.02 Å². The molecule has 5 nitrogen and oxygen atoms in total. The minimum atomic E-state index is -1.06. The highest BCUT2D eigenvalue weighted by molar-refractivity contribution is 7.80. The molecule has 1 aliphatic heterocycles. The third-order valence-corrected chi connectivity index (χ3v) is 8.48. The summed E-state index contributed by atoms with van der Waals surface area (Å²) in [6, 6.07) is 23.4. The lowest BCUT2D eigenvalue weighted by Gasteiger charge is -2.41. The van der Waals surface area contributed by atoms with Gasteiger partial charge in [0.05, 0.1) is 0 Å². The molecule has 1 fully saturated rings. The van der Waals surface area contributed by atoms with Crippen LogP contribution in [0.5, 0.6) is 5.75 Å². The van der Waals surface area contributed by atoms with E-state index in [9.17, 15) is 14.7 Å². The standard InChI is InChI=1S/C30H30ClNO4S/c1-18-28(25-15-21(31)11-12-26(25)36-17-27(33)34)29(37)22-10-6-5-9-20(22)13-14-32(18)30(35)24-16-23(24)19-7-3-2-4-8-19/h2-12,15,18,23-24,28-29,37H,13-14,16-17H2,1H3,(H,33,34). The monoisotopic (exact) mass is 535 g/mol. The van der Waals surface area contributed by atoms with Gasteiger partial charge in [0.1, 0.15) is 5.75 Å². The lowest BCUT2D eigenvalue weighted by atomic mass is 9.81. The highest BCUT2D eigenvalue weighted by Gasteiger charge is 2.48. The van der Waals surface area contributed by atoms with Gasteiger partial charge in [-0.3, -0.25) is 4.79 Å². The van der Waals surface area contributed by atoms with Crippen LogP contribution in [0.15, 0.2) is 72.8 Å². The fourth-order valence-electron chi connectivity index (χ4n) is 5.69. The Morgan fingerprint density at radius 2 is 1.78 bits per heavy atom. The number of nitrogens with zero attached hydrogens (tertiary/aromatic N) is 1. The second kappa shape index (κ2) is 10.8. The van der Waals surface area contributed by atoms with E-state index in [0.29, 0.717) is 17.3 Å². The van der Waals surface area contributed by atoms with Crippen molar-refractivity contribution in [1.29, 1.82) is 0 Å². The van der Waals surface area contributed by atoms with E-state index < -0.39 is 12.6 Å². The summed E-state index contributed by atoms with van der Waals surface area (Å²) in [7, 11) is 0. The van der Waals surface area contributed by atoms with Crippen molar-refractivity contribution in [3.05, 3.63) is 100 Å².